The highest BCUT2D eigenvalue weighted by molar-refractivity contribution is 9.10. The maximum Gasteiger partial charge on any atom is 0.255 e. The third-order valence-corrected chi connectivity index (χ3v) is 3.86. The molecule has 0 saturated heterocycles. The van der Waals surface area contributed by atoms with Gasteiger partial charge in [-0.15, -0.1) is 0 Å². The lowest BCUT2D eigenvalue weighted by Gasteiger charge is -2.07. The van der Waals surface area contributed by atoms with Gasteiger partial charge in [0.05, 0.1) is 0 Å². The number of aryl methyl sites for hydroxylation is 1. The first kappa shape index (κ1) is 14.5. The monoisotopic (exact) mass is 356 g/mol. The Hall–Kier alpha value is -2.40. The summed E-state index contributed by atoms with van der Waals surface area (Å²) in [5.74, 6) is -0.246. The molecule has 3 aromatic rings. The van der Waals surface area contributed by atoms with Crippen molar-refractivity contribution in [3.05, 3.63) is 74.5 Å². The number of benzene rings is 2. The minimum absolute atomic E-state index is 0.0930. The van der Waals surface area contributed by atoms with Crippen LogP contribution in [0.1, 0.15) is 16.1 Å². The van der Waals surface area contributed by atoms with Crippen molar-refractivity contribution in [3.63, 3.8) is 0 Å². The lowest BCUT2D eigenvalue weighted by molar-refractivity contribution is 0.102. The van der Waals surface area contributed by atoms with Gasteiger partial charge in [0.15, 0.2) is 5.43 Å². The standard InChI is InChI=1S/C17H13BrN2O2/c1-10-8-16(21)14-9-11(2-7-15(14)19-10)17(22)20-13-5-3-12(18)4-6-13/h2-9H,1H3,(H,19,21)(H,20,22). The highest BCUT2D eigenvalue weighted by Gasteiger charge is 2.09. The fourth-order valence-electron chi connectivity index (χ4n) is 2.26. The molecule has 3 rings (SSSR count). The van der Waals surface area contributed by atoms with Gasteiger partial charge in [-0.2, -0.15) is 0 Å². The third-order valence-electron chi connectivity index (χ3n) is 3.33. The number of aromatic nitrogens is 1. The van der Waals surface area contributed by atoms with Crippen molar-refractivity contribution in [3.8, 4) is 0 Å². The average Bonchev–Trinajstić information content (AvgIpc) is 2.49. The van der Waals surface area contributed by atoms with Crippen LogP contribution in [0.4, 0.5) is 5.69 Å². The van der Waals surface area contributed by atoms with Crippen LogP contribution in [0, 0.1) is 6.92 Å². The van der Waals surface area contributed by atoms with E-state index in [0.717, 1.165) is 15.7 Å². The van der Waals surface area contributed by atoms with Gasteiger partial charge in [0.2, 0.25) is 0 Å². The van der Waals surface area contributed by atoms with E-state index in [0.29, 0.717) is 16.6 Å². The smallest absolute Gasteiger partial charge is 0.255 e. The van der Waals surface area contributed by atoms with E-state index < -0.39 is 0 Å². The van der Waals surface area contributed by atoms with Crippen molar-refractivity contribution in [2.75, 3.05) is 5.32 Å². The molecule has 0 aliphatic heterocycles. The number of carbonyl (C=O) groups excluding carboxylic acids is 1. The van der Waals surface area contributed by atoms with E-state index in [1.165, 1.54) is 6.07 Å². The molecular formula is C17H13BrN2O2. The fourth-order valence-corrected chi connectivity index (χ4v) is 2.52. The summed E-state index contributed by atoms with van der Waals surface area (Å²) >= 11 is 3.35. The Labute approximate surface area is 135 Å². The number of rotatable bonds is 2. The van der Waals surface area contributed by atoms with E-state index in [1.807, 2.05) is 19.1 Å². The molecule has 5 heteroatoms. The Kier molecular flexibility index (Phi) is 3.81. The van der Waals surface area contributed by atoms with Gasteiger partial charge in [-0.25, -0.2) is 0 Å². The molecule has 0 unspecified atom stereocenters. The van der Waals surface area contributed by atoms with Gasteiger partial charge >= 0.3 is 0 Å². The Morgan fingerprint density at radius 3 is 2.55 bits per heavy atom. The molecule has 2 N–H and O–H groups in total. The number of hydrogen-bond donors (Lipinski definition) is 2. The summed E-state index contributed by atoms with van der Waals surface area (Å²) in [6, 6.07) is 13.9. The van der Waals surface area contributed by atoms with Crippen molar-refractivity contribution in [2.24, 2.45) is 0 Å². The quantitative estimate of drug-likeness (QED) is 0.732. The molecule has 0 atom stereocenters. The summed E-state index contributed by atoms with van der Waals surface area (Å²) in [5, 5.41) is 3.32. The molecule has 0 aliphatic carbocycles. The van der Waals surface area contributed by atoms with Crippen LogP contribution in [0.15, 0.2) is 57.8 Å². The molecule has 1 amide bonds. The molecule has 2 aromatic carbocycles. The van der Waals surface area contributed by atoms with Gasteiger partial charge in [-0.3, -0.25) is 9.59 Å². The van der Waals surface area contributed by atoms with Crippen molar-refractivity contribution >= 4 is 38.4 Å². The maximum atomic E-state index is 12.3. The summed E-state index contributed by atoms with van der Waals surface area (Å²) in [6.45, 7) is 1.83. The zero-order valence-electron chi connectivity index (χ0n) is 11.8. The molecular weight excluding hydrogens is 344 g/mol. The molecule has 0 bridgehead atoms. The van der Waals surface area contributed by atoms with Crippen LogP contribution < -0.4 is 10.7 Å². The number of pyridine rings is 1. The van der Waals surface area contributed by atoms with Gasteiger partial charge in [0.25, 0.3) is 5.91 Å². The van der Waals surface area contributed by atoms with Gasteiger partial charge < -0.3 is 10.3 Å². The summed E-state index contributed by atoms with van der Waals surface area (Å²) in [6.07, 6.45) is 0. The largest absolute Gasteiger partial charge is 0.358 e. The van der Waals surface area contributed by atoms with Crippen molar-refractivity contribution in [1.82, 2.24) is 4.98 Å². The van der Waals surface area contributed by atoms with E-state index in [-0.39, 0.29) is 11.3 Å². The van der Waals surface area contributed by atoms with E-state index in [4.69, 9.17) is 0 Å². The molecule has 1 heterocycles. The Balaban J connectivity index is 1.94. The molecule has 0 spiro atoms. The van der Waals surface area contributed by atoms with E-state index in [2.05, 4.69) is 26.2 Å². The second-order valence-corrected chi connectivity index (χ2v) is 5.95. The second-order valence-electron chi connectivity index (χ2n) is 5.04. The Bertz CT molecular complexity index is 914. The molecule has 110 valence electrons. The SMILES string of the molecule is Cc1cc(=O)c2cc(C(=O)Nc3ccc(Br)cc3)ccc2[nH]1. The molecule has 1 aromatic heterocycles. The van der Waals surface area contributed by atoms with Crippen LogP contribution in [-0.4, -0.2) is 10.9 Å². The Morgan fingerprint density at radius 1 is 1.09 bits per heavy atom. The molecule has 0 fully saturated rings. The minimum Gasteiger partial charge on any atom is -0.358 e. The van der Waals surface area contributed by atoms with Crippen molar-refractivity contribution in [1.29, 1.82) is 0 Å². The van der Waals surface area contributed by atoms with Crippen LogP contribution in [0.5, 0.6) is 0 Å². The number of halogens is 1. The number of H-pyrrole nitrogens is 1. The average molecular weight is 357 g/mol. The van der Waals surface area contributed by atoms with Gasteiger partial charge in [-0.05, 0) is 49.4 Å². The van der Waals surface area contributed by atoms with Gasteiger partial charge in [0, 0.05) is 38.4 Å². The van der Waals surface area contributed by atoms with E-state index in [9.17, 15) is 9.59 Å². The normalized spacial score (nSPS) is 10.6. The zero-order valence-corrected chi connectivity index (χ0v) is 13.4. The number of hydrogen-bond acceptors (Lipinski definition) is 2. The fraction of sp³-hybridized carbons (Fsp3) is 0.0588. The number of nitrogens with one attached hydrogen (secondary N) is 2. The van der Waals surface area contributed by atoms with E-state index in [1.54, 1.807) is 30.3 Å². The van der Waals surface area contributed by atoms with Crippen molar-refractivity contribution < 1.29 is 4.79 Å². The van der Waals surface area contributed by atoms with Crippen LogP contribution >= 0.6 is 15.9 Å². The first-order chi connectivity index (χ1) is 10.5. The minimum atomic E-state index is -0.246. The third kappa shape index (κ3) is 2.94. The number of aromatic amines is 1. The highest BCUT2D eigenvalue weighted by atomic mass is 79.9. The summed E-state index contributed by atoms with van der Waals surface area (Å²) in [4.78, 5) is 27.4. The molecule has 0 radical (unpaired) electrons. The molecule has 0 saturated carbocycles. The zero-order chi connectivity index (χ0) is 15.7. The topological polar surface area (TPSA) is 62.0 Å². The number of fused-ring (bicyclic) bond motifs is 1. The highest BCUT2D eigenvalue weighted by Crippen LogP contribution is 2.16. The lowest BCUT2D eigenvalue weighted by atomic mass is 10.1. The Morgan fingerprint density at radius 2 is 1.82 bits per heavy atom. The van der Waals surface area contributed by atoms with E-state index >= 15 is 0 Å². The maximum absolute atomic E-state index is 12.3. The van der Waals surface area contributed by atoms with Gasteiger partial charge in [-0.1, -0.05) is 15.9 Å². The summed E-state index contributed by atoms with van der Waals surface area (Å²) < 4.78 is 0.943. The van der Waals surface area contributed by atoms with Gasteiger partial charge in [0.1, 0.15) is 0 Å². The molecule has 22 heavy (non-hydrogen) atoms. The molecule has 4 nitrogen and oxygen atoms in total. The lowest BCUT2D eigenvalue weighted by Crippen LogP contribution is -2.13. The van der Waals surface area contributed by atoms with Crippen LogP contribution in [0.2, 0.25) is 0 Å². The number of amides is 1. The van der Waals surface area contributed by atoms with Crippen LogP contribution in [0.3, 0.4) is 0 Å². The summed E-state index contributed by atoms with van der Waals surface area (Å²) in [7, 11) is 0. The van der Waals surface area contributed by atoms with Crippen LogP contribution in [-0.2, 0) is 0 Å². The number of carbonyl (C=O) groups is 1. The van der Waals surface area contributed by atoms with Crippen LogP contribution in [0.25, 0.3) is 10.9 Å². The molecule has 0 aliphatic rings. The predicted molar refractivity (Wildman–Crippen MR) is 91.4 cm³/mol. The summed E-state index contributed by atoms with van der Waals surface area (Å²) in [5.41, 5.74) is 2.58. The first-order valence-electron chi connectivity index (χ1n) is 6.73. The number of anilines is 1. The van der Waals surface area contributed by atoms with Crippen molar-refractivity contribution in [2.45, 2.75) is 6.92 Å². The second kappa shape index (κ2) is 5.77. The predicted octanol–water partition coefficient (Wildman–Crippen LogP) is 3.85. The first-order valence-corrected chi connectivity index (χ1v) is 7.53.